The zero-order chi connectivity index (χ0) is 11.8. The topological polar surface area (TPSA) is 63.6 Å². The van der Waals surface area contributed by atoms with Crippen molar-refractivity contribution in [3.8, 4) is 11.5 Å². The van der Waals surface area contributed by atoms with E-state index in [1.165, 1.54) is 0 Å². The third-order valence-corrected chi connectivity index (χ3v) is 4.48. The van der Waals surface area contributed by atoms with Gasteiger partial charge in [0, 0.05) is 5.56 Å². The molecule has 2 rings (SSSR count). The zero-order valence-corrected chi connectivity index (χ0v) is 9.83. The molecule has 1 aliphatic rings. The molecule has 0 radical (unpaired) electrons. The van der Waals surface area contributed by atoms with Crippen LogP contribution in [0.15, 0.2) is 18.2 Å². The van der Waals surface area contributed by atoms with E-state index in [9.17, 15) is 13.5 Å². The van der Waals surface area contributed by atoms with Crippen LogP contribution in [-0.4, -0.2) is 31.1 Å². The summed E-state index contributed by atoms with van der Waals surface area (Å²) in [4.78, 5) is 0. The van der Waals surface area contributed by atoms with Crippen LogP contribution in [0.3, 0.4) is 0 Å². The van der Waals surface area contributed by atoms with Gasteiger partial charge in [-0.1, -0.05) is 6.07 Å². The summed E-state index contributed by atoms with van der Waals surface area (Å²) in [6.07, 6.45) is 0.239. The van der Waals surface area contributed by atoms with E-state index in [2.05, 4.69) is 0 Å². The minimum atomic E-state index is -2.93. The van der Waals surface area contributed by atoms with Crippen LogP contribution in [0.2, 0.25) is 0 Å². The lowest BCUT2D eigenvalue weighted by atomic mass is 10.2. The van der Waals surface area contributed by atoms with Crippen molar-refractivity contribution in [3.63, 3.8) is 0 Å². The van der Waals surface area contributed by atoms with E-state index >= 15 is 0 Å². The van der Waals surface area contributed by atoms with Gasteiger partial charge < -0.3 is 9.84 Å². The SMILES string of the molecule is Cc1c(O)cccc1OC1CCS(=O)(=O)C1. The van der Waals surface area contributed by atoms with Gasteiger partial charge in [-0.25, -0.2) is 8.42 Å². The Kier molecular flexibility index (Phi) is 2.80. The maximum atomic E-state index is 11.3. The lowest BCUT2D eigenvalue weighted by Crippen LogP contribution is -2.18. The van der Waals surface area contributed by atoms with Crippen LogP contribution in [0.1, 0.15) is 12.0 Å². The summed E-state index contributed by atoms with van der Waals surface area (Å²) in [5.74, 6) is 0.984. The van der Waals surface area contributed by atoms with Gasteiger partial charge in [0.1, 0.15) is 17.6 Å². The average molecular weight is 242 g/mol. The third-order valence-electron chi connectivity index (χ3n) is 2.74. The Morgan fingerprint density at radius 2 is 2.19 bits per heavy atom. The summed E-state index contributed by atoms with van der Waals surface area (Å²) in [7, 11) is -2.93. The molecule has 1 fully saturated rings. The molecule has 0 saturated carbocycles. The first-order chi connectivity index (χ1) is 7.48. The molecule has 1 N–H and O–H groups in total. The predicted molar refractivity (Wildman–Crippen MR) is 60.5 cm³/mol. The number of hydrogen-bond donors (Lipinski definition) is 1. The second-order valence-electron chi connectivity index (χ2n) is 4.04. The average Bonchev–Trinajstić information content (AvgIpc) is 2.53. The molecule has 0 bridgehead atoms. The summed E-state index contributed by atoms with van der Waals surface area (Å²) >= 11 is 0. The molecule has 1 saturated heterocycles. The molecule has 1 aromatic rings. The Hall–Kier alpha value is -1.23. The molecular formula is C11H14O4S. The third kappa shape index (κ3) is 2.29. The van der Waals surface area contributed by atoms with Crippen LogP contribution in [0, 0.1) is 6.92 Å². The van der Waals surface area contributed by atoms with Gasteiger partial charge in [-0.3, -0.25) is 0 Å². The molecule has 88 valence electrons. The van der Waals surface area contributed by atoms with Crippen LogP contribution in [0.25, 0.3) is 0 Å². The van der Waals surface area contributed by atoms with Crippen molar-refractivity contribution in [1.29, 1.82) is 0 Å². The van der Waals surface area contributed by atoms with Crippen molar-refractivity contribution < 1.29 is 18.3 Å². The quantitative estimate of drug-likeness (QED) is 0.848. The number of benzene rings is 1. The van der Waals surface area contributed by atoms with Gasteiger partial charge in [0.2, 0.25) is 0 Å². The fraction of sp³-hybridized carbons (Fsp3) is 0.455. The second kappa shape index (κ2) is 3.97. The molecule has 0 aliphatic carbocycles. The molecule has 0 spiro atoms. The lowest BCUT2D eigenvalue weighted by Gasteiger charge is -2.14. The van der Waals surface area contributed by atoms with Gasteiger partial charge in [0.15, 0.2) is 9.84 Å². The van der Waals surface area contributed by atoms with Crippen LogP contribution >= 0.6 is 0 Å². The van der Waals surface area contributed by atoms with Gasteiger partial charge in [-0.2, -0.15) is 0 Å². The highest BCUT2D eigenvalue weighted by Gasteiger charge is 2.29. The van der Waals surface area contributed by atoms with Crippen molar-refractivity contribution in [2.75, 3.05) is 11.5 Å². The van der Waals surface area contributed by atoms with E-state index in [0.29, 0.717) is 17.7 Å². The maximum Gasteiger partial charge on any atom is 0.154 e. The number of sulfone groups is 1. The predicted octanol–water partition coefficient (Wildman–Crippen LogP) is 1.27. The highest BCUT2D eigenvalue weighted by atomic mass is 32.2. The molecule has 0 amide bonds. The van der Waals surface area contributed by atoms with Crippen LogP contribution in [0.4, 0.5) is 0 Å². The maximum absolute atomic E-state index is 11.3. The Bertz CT molecular complexity index is 493. The fourth-order valence-corrected chi connectivity index (χ4v) is 3.35. The molecule has 0 aromatic heterocycles. The van der Waals surface area contributed by atoms with Gasteiger partial charge in [-0.05, 0) is 25.5 Å². The lowest BCUT2D eigenvalue weighted by molar-refractivity contribution is 0.226. The number of rotatable bonds is 2. The number of phenols is 1. The first-order valence-electron chi connectivity index (χ1n) is 5.13. The molecule has 1 aromatic carbocycles. The summed E-state index contributed by atoms with van der Waals surface area (Å²) in [5.41, 5.74) is 0.645. The van der Waals surface area contributed by atoms with Crippen molar-refractivity contribution >= 4 is 9.84 Å². The smallest absolute Gasteiger partial charge is 0.154 e. The monoisotopic (exact) mass is 242 g/mol. The first-order valence-corrected chi connectivity index (χ1v) is 6.96. The van der Waals surface area contributed by atoms with Gasteiger partial charge in [0.25, 0.3) is 0 Å². The molecule has 1 aliphatic heterocycles. The van der Waals surface area contributed by atoms with Crippen LogP contribution < -0.4 is 4.74 Å². The summed E-state index contributed by atoms with van der Waals surface area (Å²) < 4.78 is 28.1. The van der Waals surface area contributed by atoms with Crippen molar-refractivity contribution in [2.24, 2.45) is 0 Å². The number of aromatic hydroxyl groups is 1. The summed E-state index contributed by atoms with van der Waals surface area (Å²) in [6.45, 7) is 1.74. The van der Waals surface area contributed by atoms with Gasteiger partial charge >= 0.3 is 0 Å². The Balaban J connectivity index is 2.14. The standard InChI is InChI=1S/C11H14O4S/c1-8-10(12)3-2-4-11(8)15-9-5-6-16(13,14)7-9/h2-4,9,12H,5-7H2,1H3. The second-order valence-corrected chi connectivity index (χ2v) is 6.27. The highest BCUT2D eigenvalue weighted by Crippen LogP contribution is 2.28. The molecule has 16 heavy (non-hydrogen) atoms. The molecule has 1 atom stereocenters. The van der Waals surface area contributed by atoms with E-state index in [-0.39, 0.29) is 23.4 Å². The Labute approximate surface area is 94.8 Å². The number of hydrogen-bond acceptors (Lipinski definition) is 4. The van der Waals surface area contributed by atoms with E-state index in [4.69, 9.17) is 4.74 Å². The summed E-state index contributed by atoms with van der Waals surface area (Å²) in [5, 5.41) is 9.48. The minimum absolute atomic E-state index is 0.0715. The van der Waals surface area contributed by atoms with Crippen molar-refractivity contribution in [3.05, 3.63) is 23.8 Å². The Morgan fingerprint density at radius 1 is 1.44 bits per heavy atom. The number of phenolic OH excluding ortho intramolecular Hbond substituents is 1. The largest absolute Gasteiger partial charge is 0.508 e. The summed E-state index contributed by atoms with van der Waals surface area (Å²) in [6, 6.07) is 4.99. The first kappa shape index (κ1) is 11.3. The normalized spacial score (nSPS) is 23.2. The molecule has 4 nitrogen and oxygen atoms in total. The molecular weight excluding hydrogens is 228 g/mol. The minimum Gasteiger partial charge on any atom is -0.508 e. The highest BCUT2D eigenvalue weighted by molar-refractivity contribution is 7.91. The van der Waals surface area contributed by atoms with E-state index in [1.807, 2.05) is 0 Å². The fourth-order valence-electron chi connectivity index (χ4n) is 1.76. The molecule has 5 heteroatoms. The Morgan fingerprint density at radius 3 is 2.81 bits per heavy atom. The van der Waals surface area contributed by atoms with Crippen molar-refractivity contribution in [2.45, 2.75) is 19.4 Å². The van der Waals surface area contributed by atoms with Crippen molar-refractivity contribution in [1.82, 2.24) is 0 Å². The van der Waals surface area contributed by atoms with Gasteiger partial charge in [-0.15, -0.1) is 0 Å². The number of ether oxygens (including phenoxy) is 1. The van der Waals surface area contributed by atoms with E-state index in [1.54, 1.807) is 25.1 Å². The van der Waals surface area contributed by atoms with E-state index in [0.717, 1.165) is 0 Å². The van der Waals surface area contributed by atoms with E-state index < -0.39 is 9.84 Å². The van der Waals surface area contributed by atoms with Gasteiger partial charge in [0.05, 0.1) is 11.5 Å². The van der Waals surface area contributed by atoms with Crippen LogP contribution in [0.5, 0.6) is 11.5 Å². The van der Waals surface area contributed by atoms with Crippen LogP contribution in [-0.2, 0) is 9.84 Å². The molecule has 1 heterocycles. The molecule has 1 unspecified atom stereocenters. The zero-order valence-electron chi connectivity index (χ0n) is 9.01.